The van der Waals surface area contributed by atoms with E-state index < -0.39 is 0 Å². The molecule has 7 heteroatoms. The molecular weight excluding hydrogens is 323 g/mol. The molecule has 1 aromatic carbocycles. The van der Waals surface area contributed by atoms with Crippen molar-refractivity contribution in [1.82, 2.24) is 14.7 Å². The summed E-state index contributed by atoms with van der Waals surface area (Å²) in [5.41, 5.74) is 1.05. The maximum absolute atomic E-state index is 13.0. The Morgan fingerprint density at radius 1 is 1.08 bits per heavy atom. The second-order valence-corrected chi connectivity index (χ2v) is 6.04. The zero-order chi connectivity index (χ0) is 17.8. The Bertz CT molecular complexity index is 795. The van der Waals surface area contributed by atoms with Gasteiger partial charge in [0.25, 0.3) is 11.5 Å². The van der Waals surface area contributed by atoms with Crippen LogP contribution in [-0.2, 0) is 6.54 Å². The highest BCUT2D eigenvalue weighted by molar-refractivity contribution is 5.92. The lowest BCUT2D eigenvalue weighted by Crippen LogP contribution is -2.49. The van der Waals surface area contributed by atoms with Crippen LogP contribution in [-0.4, -0.2) is 46.8 Å². The van der Waals surface area contributed by atoms with E-state index in [4.69, 9.17) is 0 Å². The minimum atomic E-state index is -0.258. The average Bonchev–Trinajstić information content (AvgIpc) is 2.64. The number of hydrogen-bond donors (Lipinski definition) is 0. The standard InChI is InChI=1S/C18H21FN4O2/c1-2-9-23-17(24)8-7-16(20-23)18(25)22-12-10-21(11-13-22)15-5-3-14(19)4-6-15/h3-8H,2,9-13H2,1H3. The molecule has 0 aliphatic carbocycles. The molecule has 1 fully saturated rings. The minimum Gasteiger partial charge on any atom is -0.368 e. The molecule has 0 radical (unpaired) electrons. The topological polar surface area (TPSA) is 58.4 Å². The van der Waals surface area contributed by atoms with Crippen LogP contribution in [0.3, 0.4) is 0 Å². The molecule has 0 saturated carbocycles. The molecule has 1 aromatic heterocycles. The summed E-state index contributed by atoms with van der Waals surface area (Å²) >= 11 is 0. The van der Waals surface area contributed by atoms with Gasteiger partial charge in [0.05, 0.1) is 0 Å². The average molecular weight is 344 g/mol. The number of amides is 1. The first kappa shape index (κ1) is 17.1. The van der Waals surface area contributed by atoms with E-state index in [1.165, 1.54) is 28.9 Å². The molecule has 0 unspecified atom stereocenters. The van der Waals surface area contributed by atoms with Crippen molar-refractivity contribution in [3.8, 4) is 0 Å². The molecule has 2 aromatic rings. The van der Waals surface area contributed by atoms with E-state index in [0.29, 0.717) is 38.4 Å². The van der Waals surface area contributed by atoms with E-state index in [9.17, 15) is 14.0 Å². The van der Waals surface area contributed by atoms with E-state index in [0.717, 1.165) is 12.1 Å². The predicted octanol–water partition coefficient (Wildman–Crippen LogP) is 1.75. The highest BCUT2D eigenvalue weighted by Crippen LogP contribution is 2.17. The van der Waals surface area contributed by atoms with Crippen molar-refractivity contribution in [2.24, 2.45) is 0 Å². The zero-order valence-corrected chi connectivity index (χ0v) is 14.2. The Kier molecular flexibility index (Phi) is 5.11. The van der Waals surface area contributed by atoms with Gasteiger partial charge >= 0.3 is 0 Å². The predicted molar refractivity (Wildman–Crippen MR) is 93.3 cm³/mol. The van der Waals surface area contributed by atoms with Crippen LogP contribution in [0.1, 0.15) is 23.8 Å². The number of benzene rings is 1. The highest BCUT2D eigenvalue weighted by Gasteiger charge is 2.23. The number of anilines is 1. The Balaban J connectivity index is 1.66. The summed E-state index contributed by atoms with van der Waals surface area (Å²) in [7, 11) is 0. The van der Waals surface area contributed by atoms with Crippen molar-refractivity contribution in [2.75, 3.05) is 31.1 Å². The third-order valence-electron chi connectivity index (χ3n) is 4.28. The summed E-state index contributed by atoms with van der Waals surface area (Å²) in [6.07, 6.45) is 0.779. The molecule has 0 atom stereocenters. The minimum absolute atomic E-state index is 0.163. The number of piperazine rings is 1. The van der Waals surface area contributed by atoms with Gasteiger partial charge < -0.3 is 9.80 Å². The van der Waals surface area contributed by atoms with Crippen molar-refractivity contribution >= 4 is 11.6 Å². The van der Waals surface area contributed by atoms with Gasteiger partial charge in [0.15, 0.2) is 0 Å². The Morgan fingerprint density at radius 2 is 1.76 bits per heavy atom. The van der Waals surface area contributed by atoms with Gasteiger partial charge in [0.2, 0.25) is 0 Å². The van der Waals surface area contributed by atoms with E-state index >= 15 is 0 Å². The molecule has 3 rings (SSSR count). The fourth-order valence-corrected chi connectivity index (χ4v) is 2.92. The van der Waals surface area contributed by atoms with Crippen LogP contribution < -0.4 is 10.5 Å². The number of aryl methyl sites for hydroxylation is 1. The quantitative estimate of drug-likeness (QED) is 0.848. The highest BCUT2D eigenvalue weighted by atomic mass is 19.1. The third kappa shape index (κ3) is 3.87. The van der Waals surface area contributed by atoms with Crippen LogP contribution in [0.15, 0.2) is 41.2 Å². The molecule has 0 bridgehead atoms. The molecule has 1 saturated heterocycles. The zero-order valence-electron chi connectivity index (χ0n) is 14.2. The molecule has 1 aliphatic heterocycles. The first-order chi connectivity index (χ1) is 12.1. The van der Waals surface area contributed by atoms with Crippen LogP contribution in [0, 0.1) is 5.82 Å². The molecule has 1 aliphatic rings. The van der Waals surface area contributed by atoms with E-state index in [-0.39, 0.29) is 17.3 Å². The Hall–Kier alpha value is -2.70. The molecule has 2 heterocycles. The van der Waals surface area contributed by atoms with Gasteiger partial charge in [-0.25, -0.2) is 9.07 Å². The Morgan fingerprint density at radius 3 is 2.40 bits per heavy atom. The molecule has 25 heavy (non-hydrogen) atoms. The monoisotopic (exact) mass is 344 g/mol. The van der Waals surface area contributed by atoms with E-state index in [1.807, 2.05) is 6.92 Å². The van der Waals surface area contributed by atoms with Gasteiger partial charge in [0, 0.05) is 44.5 Å². The van der Waals surface area contributed by atoms with Crippen LogP contribution >= 0.6 is 0 Å². The summed E-state index contributed by atoms with van der Waals surface area (Å²) < 4.78 is 14.4. The van der Waals surface area contributed by atoms with Crippen molar-refractivity contribution in [3.63, 3.8) is 0 Å². The second kappa shape index (κ2) is 7.46. The molecule has 0 N–H and O–H groups in total. The maximum Gasteiger partial charge on any atom is 0.274 e. The molecule has 132 valence electrons. The molecule has 0 spiro atoms. The summed E-state index contributed by atoms with van der Waals surface area (Å²) in [5, 5.41) is 4.18. The van der Waals surface area contributed by atoms with Gasteiger partial charge in [-0.05, 0) is 36.8 Å². The lowest BCUT2D eigenvalue weighted by Gasteiger charge is -2.36. The number of nitrogens with zero attached hydrogens (tertiary/aromatic N) is 4. The molecule has 1 amide bonds. The number of hydrogen-bond acceptors (Lipinski definition) is 4. The fraction of sp³-hybridized carbons (Fsp3) is 0.389. The largest absolute Gasteiger partial charge is 0.368 e. The first-order valence-electron chi connectivity index (χ1n) is 8.46. The SMILES string of the molecule is CCCn1nc(C(=O)N2CCN(c3ccc(F)cc3)CC2)ccc1=O. The van der Waals surface area contributed by atoms with Crippen molar-refractivity contribution in [3.05, 3.63) is 58.3 Å². The number of rotatable bonds is 4. The van der Waals surface area contributed by atoms with E-state index in [1.54, 1.807) is 17.0 Å². The van der Waals surface area contributed by atoms with Crippen molar-refractivity contribution < 1.29 is 9.18 Å². The van der Waals surface area contributed by atoms with Crippen LogP contribution in [0.2, 0.25) is 0 Å². The van der Waals surface area contributed by atoms with Gasteiger partial charge in [-0.1, -0.05) is 6.92 Å². The molecular formula is C18H21FN4O2. The maximum atomic E-state index is 13.0. The van der Waals surface area contributed by atoms with Crippen molar-refractivity contribution in [2.45, 2.75) is 19.9 Å². The third-order valence-corrected chi connectivity index (χ3v) is 4.28. The van der Waals surface area contributed by atoms with Crippen molar-refractivity contribution in [1.29, 1.82) is 0 Å². The smallest absolute Gasteiger partial charge is 0.274 e. The van der Waals surface area contributed by atoms with Crippen LogP contribution in [0.4, 0.5) is 10.1 Å². The summed E-state index contributed by atoms with van der Waals surface area (Å²) in [5.74, 6) is -0.422. The summed E-state index contributed by atoms with van der Waals surface area (Å²) in [4.78, 5) is 28.2. The molecule has 6 nitrogen and oxygen atoms in total. The Labute approximate surface area is 145 Å². The summed E-state index contributed by atoms with van der Waals surface area (Å²) in [6, 6.07) is 9.25. The number of carbonyl (C=O) groups excluding carboxylic acids is 1. The lowest BCUT2D eigenvalue weighted by molar-refractivity contribution is 0.0738. The van der Waals surface area contributed by atoms with Gasteiger partial charge in [-0.15, -0.1) is 0 Å². The normalized spacial score (nSPS) is 14.6. The lowest BCUT2D eigenvalue weighted by atomic mass is 10.2. The second-order valence-electron chi connectivity index (χ2n) is 6.04. The number of halogens is 1. The fourth-order valence-electron chi connectivity index (χ4n) is 2.92. The van der Waals surface area contributed by atoms with Gasteiger partial charge in [-0.3, -0.25) is 9.59 Å². The van der Waals surface area contributed by atoms with Gasteiger partial charge in [-0.2, -0.15) is 5.10 Å². The van der Waals surface area contributed by atoms with E-state index in [2.05, 4.69) is 10.00 Å². The number of aromatic nitrogens is 2. The summed E-state index contributed by atoms with van der Waals surface area (Å²) in [6.45, 7) is 4.92. The van der Waals surface area contributed by atoms with Crippen LogP contribution in [0.25, 0.3) is 0 Å². The van der Waals surface area contributed by atoms with Gasteiger partial charge in [0.1, 0.15) is 11.5 Å². The number of carbonyl (C=O) groups is 1. The van der Waals surface area contributed by atoms with Crippen LogP contribution in [0.5, 0.6) is 0 Å². The first-order valence-corrected chi connectivity index (χ1v) is 8.46.